The number of aromatic nitrogens is 4. The van der Waals surface area contributed by atoms with Gasteiger partial charge in [0.25, 0.3) is 5.67 Å². The van der Waals surface area contributed by atoms with Crippen molar-refractivity contribution in [2.75, 3.05) is 34.3 Å². The van der Waals surface area contributed by atoms with Gasteiger partial charge in [-0.25, -0.2) is 14.0 Å². The smallest absolute Gasteiger partial charge is 0.410 e. The Bertz CT molecular complexity index is 1730. The van der Waals surface area contributed by atoms with Crippen molar-refractivity contribution in [1.29, 1.82) is 0 Å². The number of carbonyl (C=O) groups excluding carboxylic acids is 3. The van der Waals surface area contributed by atoms with E-state index in [9.17, 15) is 19.5 Å². The molecule has 0 spiro atoms. The van der Waals surface area contributed by atoms with E-state index in [-0.39, 0.29) is 24.5 Å². The molecule has 5 heterocycles. The van der Waals surface area contributed by atoms with Crippen LogP contribution >= 0.6 is 0 Å². The number of likely N-dealkylation sites (N-methyl/N-ethyl adjacent to an activating group) is 1. The zero-order valence-corrected chi connectivity index (χ0v) is 36.6. The molecule has 0 aromatic carbocycles. The van der Waals surface area contributed by atoms with Crippen molar-refractivity contribution < 1.29 is 47.6 Å². The van der Waals surface area contributed by atoms with E-state index in [1.807, 2.05) is 64.2 Å². The molecular weight excluding hydrogens is 765 g/mol. The maximum Gasteiger partial charge on any atom is 0.410 e. The highest BCUT2D eigenvalue weighted by atomic mass is 19.1. The van der Waals surface area contributed by atoms with Crippen LogP contribution < -0.4 is 5.32 Å². The summed E-state index contributed by atoms with van der Waals surface area (Å²) >= 11 is 0. The first-order valence-electron chi connectivity index (χ1n) is 21.0. The standard InChI is InChI=1S/C42H66FN7O9/c1-12-32-42(8)34(50(39(54)59-42)20-16-15-19-49-24-30(46-47-49)29-17-13-14-18-44-29)28(5)45-23-25(2)22-40(6,55-11)36(27(4)35(52)41(7,43)38(53)57-32)58-37-33(51)31(48(9)10)21-26(3)56-37/h13-14,17-18,24-28,31-34,36-37,45,51H,12,15-16,19-23H2,1-11H3/t25-,26-,27+,28-,31?,32-,33?,34-,36-,37+,40-,41+,42-/m1/s1. The first-order chi connectivity index (χ1) is 27.8. The normalized spacial score (nSPS) is 37.7. The molecule has 2 unspecified atom stereocenters. The quantitative estimate of drug-likeness (QED) is 0.187. The number of ether oxygens (including phenoxy) is 5. The van der Waals surface area contributed by atoms with Crippen LogP contribution in [-0.4, -0.2) is 153 Å². The second kappa shape index (κ2) is 19.0. The number of halogens is 1. The molecule has 1 amide bonds. The topological polar surface area (TPSA) is 180 Å². The number of unbranched alkanes of at least 4 members (excludes halogenated alkanes) is 1. The Morgan fingerprint density at radius 1 is 1.07 bits per heavy atom. The van der Waals surface area contributed by atoms with E-state index in [1.54, 1.807) is 36.5 Å². The van der Waals surface area contributed by atoms with Crippen molar-refractivity contribution in [1.82, 2.24) is 35.1 Å². The number of amides is 1. The third kappa shape index (κ3) is 9.97. The van der Waals surface area contributed by atoms with Crippen molar-refractivity contribution >= 4 is 17.8 Å². The second-order valence-corrected chi connectivity index (χ2v) is 17.6. The molecule has 5 rings (SSSR count). The first kappa shape index (κ1) is 46.5. The summed E-state index contributed by atoms with van der Waals surface area (Å²) in [5.41, 5.74) is -4.38. The van der Waals surface area contributed by atoms with Crippen molar-refractivity contribution in [2.45, 2.75) is 160 Å². The molecule has 3 aliphatic rings. The van der Waals surface area contributed by atoms with Crippen molar-refractivity contribution in [3.05, 3.63) is 30.6 Å². The van der Waals surface area contributed by atoms with Crippen LogP contribution in [0.4, 0.5) is 9.18 Å². The molecule has 3 fully saturated rings. The van der Waals surface area contributed by atoms with Crippen LogP contribution in [0.25, 0.3) is 11.4 Å². The van der Waals surface area contributed by atoms with Crippen molar-refractivity contribution in [3.8, 4) is 11.4 Å². The number of aryl methyl sites for hydroxylation is 1. The molecule has 2 aromatic rings. The number of aliphatic hydroxyl groups excluding tert-OH is 1. The lowest BCUT2D eigenvalue weighted by Gasteiger charge is -2.47. The van der Waals surface area contributed by atoms with Gasteiger partial charge in [-0.2, -0.15) is 0 Å². The number of nitrogens with zero attached hydrogens (tertiary/aromatic N) is 6. The van der Waals surface area contributed by atoms with Crippen LogP contribution in [0.2, 0.25) is 0 Å². The minimum atomic E-state index is -3.13. The van der Waals surface area contributed by atoms with E-state index in [0.717, 1.165) is 12.6 Å². The van der Waals surface area contributed by atoms with E-state index in [4.69, 9.17) is 23.7 Å². The SMILES string of the molecule is CC[C@H]1OC(=O)[C@@](C)(F)C(=O)[C@H](C)[C@@H](O[C@@H]2O[C@H](C)CC(N(C)C)C2O)[C@](C)(OC)C[C@@H](C)CN[C@H](C)[C@H]2N(CCCCn3cc(-c4ccccn4)nn3)C(=O)O[C@]12C. The predicted molar refractivity (Wildman–Crippen MR) is 216 cm³/mol. The highest BCUT2D eigenvalue weighted by Crippen LogP contribution is 2.41. The number of ketones is 1. The molecule has 17 heteroatoms. The number of methoxy groups -OCH3 is 1. The molecule has 0 bridgehead atoms. The Hall–Kier alpha value is -3.61. The number of Topliss-reactive ketones (excluding diaryl/α,β-unsaturated/α-hetero) is 1. The Kier molecular flexibility index (Phi) is 14.9. The minimum Gasteiger partial charge on any atom is -0.455 e. The summed E-state index contributed by atoms with van der Waals surface area (Å²) in [6.45, 7) is 14.8. The Balaban J connectivity index is 1.41. The fourth-order valence-electron chi connectivity index (χ4n) is 9.26. The van der Waals surface area contributed by atoms with E-state index in [1.165, 1.54) is 14.0 Å². The summed E-state index contributed by atoms with van der Waals surface area (Å²) in [5, 5.41) is 23.5. The fraction of sp³-hybridized carbons (Fsp3) is 0.762. The van der Waals surface area contributed by atoms with Crippen LogP contribution in [0.3, 0.4) is 0 Å². The van der Waals surface area contributed by atoms with Gasteiger partial charge >= 0.3 is 12.1 Å². The van der Waals surface area contributed by atoms with Gasteiger partial charge in [0.15, 0.2) is 17.7 Å². The third-order valence-corrected chi connectivity index (χ3v) is 12.6. The van der Waals surface area contributed by atoms with Crippen LogP contribution in [0.5, 0.6) is 0 Å². The Morgan fingerprint density at radius 3 is 2.42 bits per heavy atom. The van der Waals surface area contributed by atoms with Gasteiger partial charge in [0.05, 0.1) is 35.7 Å². The number of pyridine rings is 1. The number of fused-ring (bicyclic) bond motifs is 1. The van der Waals surface area contributed by atoms with Crippen LogP contribution in [0, 0.1) is 11.8 Å². The van der Waals surface area contributed by atoms with E-state index >= 15 is 4.39 Å². The number of aliphatic hydroxyl groups is 1. The monoisotopic (exact) mass is 831 g/mol. The molecule has 0 radical (unpaired) electrons. The Labute approximate surface area is 347 Å². The molecule has 0 saturated carbocycles. The molecule has 3 saturated heterocycles. The average Bonchev–Trinajstić information content (AvgIpc) is 3.78. The second-order valence-electron chi connectivity index (χ2n) is 17.6. The number of hydrogen-bond acceptors (Lipinski definition) is 14. The van der Waals surface area contributed by atoms with E-state index in [2.05, 4.69) is 20.6 Å². The van der Waals surface area contributed by atoms with Gasteiger partial charge in [-0.05, 0) is 105 Å². The predicted octanol–water partition coefficient (Wildman–Crippen LogP) is 4.19. The van der Waals surface area contributed by atoms with Gasteiger partial charge in [-0.1, -0.05) is 32.1 Å². The van der Waals surface area contributed by atoms with Gasteiger partial charge in [0, 0.05) is 44.4 Å². The number of nitrogens with one attached hydrogen (secondary N) is 1. The molecule has 330 valence electrons. The zero-order valence-electron chi connectivity index (χ0n) is 36.6. The molecule has 16 nitrogen and oxygen atoms in total. The van der Waals surface area contributed by atoms with Gasteiger partial charge in [-0.3, -0.25) is 19.4 Å². The van der Waals surface area contributed by atoms with Crippen LogP contribution in [0.15, 0.2) is 30.6 Å². The average molecular weight is 832 g/mol. The van der Waals surface area contributed by atoms with Gasteiger partial charge in [0.1, 0.15) is 17.9 Å². The highest BCUT2D eigenvalue weighted by Gasteiger charge is 2.60. The number of esters is 1. The molecule has 2 aromatic heterocycles. The molecule has 3 aliphatic heterocycles. The summed E-state index contributed by atoms with van der Waals surface area (Å²) in [5.74, 6) is -3.85. The molecule has 59 heavy (non-hydrogen) atoms. The summed E-state index contributed by atoms with van der Waals surface area (Å²) in [6, 6.07) is 4.24. The van der Waals surface area contributed by atoms with E-state index in [0.29, 0.717) is 51.0 Å². The number of hydrogen-bond donors (Lipinski definition) is 2. The van der Waals surface area contributed by atoms with Crippen molar-refractivity contribution in [3.63, 3.8) is 0 Å². The molecule has 2 N–H and O–H groups in total. The number of alkyl halides is 1. The number of rotatable bonds is 11. The maximum absolute atomic E-state index is 16.9. The number of cyclic esters (lactones) is 1. The highest BCUT2D eigenvalue weighted by molar-refractivity contribution is 6.07. The summed E-state index contributed by atoms with van der Waals surface area (Å²) in [4.78, 5) is 49.9. The van der Waals surface area contributed by atoms with E-state index < -0.39 is 77.3 Å². The van der Waals surface area contributed by atoms with Crippen LogP contribution in [-0.2, 0) is 39.8 Å². The van der Waals surface area contributed by atoms with Crippen LogP contribution in [0.1, 0.15) is 87.5 Å². The molecule has 13 atom stereocenters. The van der Waals surface area contributed by atoms with Gasteiger partial charge in [-0.15, -0.1) is 5.10 Å². The summed E-state index contributed by atoms with van der Waals surface area (Å²) in [7, 11) is 5.20. The molecular formula is C42H66FN7O9. The lowest BCUT2D eigenvalue weighted by Crippen LogP contribution is -2.61. The largest absolute Gasteiger partial charge is 0.455 e. The maximum atomic E-state index is 16.9. The zero-order chi connectivity index (χ0) is 43.4. The Morgan fingerprint density at radius 2 is 1.78 bits per heavy atom. The summed E-state index contributed by atoms with van der Waals surface area (Å²) < 4.78 is 49.5. The first-order valence-corrected chi connectivity index (χ1v) is 21.0. The fourth-order valence-corrected chi connectivity index (χ4v) is 9.26. The third-order valence-electron chi connectivity index (χ3n) is 12.6. The molecule has 0 aliphatic carbocycles. The lowest BCUT2D eigenvalue weighted by atomic mass is 9.78. The summed E-state index contributed by atoms with van der Waals surface area (Å²) in [6.07, 6.45) is 0.450. The van der Waals surface area contributed by atoms with Crippen molar-refractivity contribution in [2.24, 2.45) is 11.8 Å². The minimum absolute atomic E-state index is 0.112. The van der Waals surface area contributed by atoms with Gasteiger partial charge < -0.3 is 39.0 Å². The number of carbonyl (C=O) groups is 3. The lowest BCUT2D eigenvalue weighted by molar-refractivity contribution is -0.295. The van der Waals surface area contributed by atoms with Gasteiger partial charge in [0.2, 0.25) is 0 Å².